The van der Waals surface area contributed by atoms with Gasteiger partial charge in [0.2, 0.25) is 0 Å². The molecule has 0 unspecified atom stereocenters. The van der Waals surface area contributed by atoms with Gasteiger partial charge in [0.15, 0.2) is 6.61 Å². The second-order valence-electron chi connectivity index (χ2n) is 4.60. The van der Waals surface area contributed by atoms with Gasteiger partial charge >= 0.3 is 0 Å². The number of nitrogens with one attached hydrogen (secondary N) is 1. The van der Waals surface area contributed by atoms with Crippen LogP contribution >= 0.6 is 34.8 Å². The number of methoxy groups -OCH3 is 2. The molecule has 0 saturated carbocycles. The van der Waals surface area contributed by atoms with Gasteiger partial charge in [-0.15, -0.1) is 0 Å². The number of carbonyl (C=O) groups excluding carboxylic acids is 1. The third kappa shape index (κ3) is 4.60. The third-order valence-electron chi connectivity index (χ3n) is 3.01. The van der Waals surface area contributed by atoms with Gasteiger partial charge in [-0.1, -0.05) is 34.8 Å². The maximum Gasteiger partial charge on any atom is 0.262 e. The van der Waals surface area contributed by atoms with E-state index in [1.54, 1.807) is 18.2 Å². The van der Waals surface area contributed by atoms with Crippen LogP contribution in [-0.4, -0.2) is 26.7 Å². The molecule has 0 radical (unpaired) electrons. The van der Waals surface area contributed by atoms with Crippen molar-refractivity contribution >= 4 is 46.4 Å². The van der Waals surface area contributed by atoms with Crippen molar-refractivity contribution in [3.63, 3.8) is 0 Å². The van der Waals surface area contributed by atoms with E-state index in [1.807, 2.05) is 0 Å². The second-order valence-corrected chi connectivity index (χ2v) is 5.82. The highest BCUT2D eigenvalue weighted by Gasteiger charge is 2.12. The van der Waals surface area contributed by atoms with Crippen LogP contribution in [0, 0.1) is 0 Å². The number of rotatable bonds is 6. The fourth-order valence-electron chi connectivity index (χ4n) is 1.86. The molecule has 24 heavy (non-hydrogen) atoms. The molecule has 0 spiro atoms. The summed E-state index contributed by atoms with van der Waals surface area (Å²) in [5.74, 6) is 0.943. The van der Waals surface area contributed by atoms with Crippen molar-refractivity contribution in [2.45, 2.75) is 0 Å². The first-order valence-electron chi connectivity index (χ1n) is 6.73. The number of halogens is 3. The smallest absolute Gasteiger partial charge is 0.262 e. The van der Waals surface area contributed by atoms with Crippen molar-refractivity contribution in [3.8, 4) is 17.2 Å². The van der Waals surface area contributed by atoms with E-state index in [2.05, 4.69) is 5.32 Å². The number of hydrogen-bond donors (Lipinski definition) is 1. The summed E-state index contributed by atoms with van der Waals surface area (Å²) >= 11 is 17.7. The molecule has 0 aliphatic rings. The lowest BCUT2D eigenvalue weighted by molar-refractivity contribution is -0.118. The average molecular weight is 391 g/mol. The highest BCUT2D eigenvalue weighted by atomic mass is 35.5. The molecule has 1 amide bonds. The predicted octanol–water partition coefficient (Wildman–Crippen LogP) is 4.68. The molecule has 0 bridgehead atoms. The molecule has 2 aromatic rings. The molecule has 2 rings (SSSR count). The van der Waals surface area contributed by atoms with E-state index in [-0.39, 0.29) is 22.4 Å². The Balaban J connectivity index is 2.05. The van der Waals surface area contributed by atoms with Gasteiger partial charge < -0.3 is 19.5 Å². The van der Waals surface area contributed by atoms with Crippen LogP contribution in [0.15, 0.2) is 30.3 Å². The molecule has 0 saturated heterocycles. The third-order valence-corrected chi connectivity index (χ3v) is 4.03. The molecular weight excluding hydrogens is 377 g/mol. The summed E-state index contributed by atoms with van der Waals surface area (Å²) in [6.07, 6.45) is 0. The predicted molar refractivity (Wildman–Crippen MR) is 95.1 cm³/mol. The Labute approximate surface area is 154 Å². The Morgan fingerprint density at radius 1 is 0.958 bits per heavy atom. The first-order chi connectivity index (χ1) is 11.4. The largest absolute Gasteiger partial charge is 0.497 e. The van der Waals surface area contributed by atoms with Crippen LogP contribution in [0.25, 0.3) is 0 Å². The molecule has 0 aromatic heterocycles. The molecule has 8 heteroatoms. The van der Waals surface area contributed by atoms with Crippen LogP contribution in [0.4, 0.5) is 5.69 Å². The monoisotopic (exact) mass is 389 g/mol. The first-order valence-corrected chi connectivity index (χ1v) is 7.87. The molecule has 0 heterocycles. The van der Waals surface area contributed by atoms with Gasteiger partial charge in [0.25, 0.3) is 5.91 Å². The zero-order valence-corrected chi connectivity index (χ0v) is 15.1. The second kappa shape index (κ2) is 8.33. The van der Waals surface area contributed by atoms with Crippen molar-refractivity contribution < 1.29 is 19.0 Å². The molecule has 2 aromatic carbocycles. The van der Waals surface area contributed by atoms with E-state index in [9.17, 15) is 4.79 Å². The molecule has 0 aliphatic heterocycles. The summed E-state index contributed by atoms with van der Waals surface area (Å²) < 4.78 is 15.7. The topological polar surface area (TPSA) is 56.8 Å². The fraction of sp³-hybridized carbons (Fsp3) is 0.188. The zero-order valence-electron chi connectivity index (χ0n) is 12.9. The highest BCUT2D eigenvalue weighted by molar-refractivity contribution is 6.43. The quantitative estimate of drug-likeness (QED) is 0.728. The molecule has 0 aliphatic carbocycles. The maximum absolute atomic E-state index is 12.1. The number of carbonyl (C=O) groups is 1. The van der Waals surface area contributed by atoms with Crippen LogP contribution in [0.1, 0.15) is 0 Å². The zero-order chi connectivity index (χ0) is 17.7. The van der Waals surface area contributed by atoms with Gasteiger partial charge in [-0.25, -0.2) is 0 Å². The fourth-order valence-corrected chi connectivity index (χ4v) is 2.45. The Kier molecular flexibility index (Phi) is 6.43. The summed E-state index contributed by atoms with van der Waals surface area (Å²) in [7, 11) is 3.03. The summed E-state index contributed by atoms with van der Waals surface area (Å²) in [6.45, 7) is -0.266. The van der Waals surface area contributed by atoms with Crippen molar-refractivity contribution in [3.05, 3.63) is 45.4 Å². The van der Waals surface area contributed by atoms with Crippen LogP contribution in [-0.2, 0) is 4.79 Å². The van der Waals surface area contributed by atoms with Crippen molar-refractivity contribution in [2.24, 2.45) is 0 Å². The van der Waals surface area contributed by atoms with Gasteiger partial charge in [-0.2, -0.15) is 0 Å². The summed E-state index contributed by atoms with van der Waals surface area (Å²) in [5, 5.41) is 3.53. The number of ether oxygens (including phenoxy) is 3. The minimum absolute atomic E-state index is 0.260. The van der Waals surface area contributed by atoms with E-state index < -0.39 is 5.91 Å². The molecule has 1 N–H and O–H groups in total. The van der Waals surface area contributed by atoms with E-state index in [1.165, 1.54) is 26.4 Å². The van der Waals surface area contributed by atoms with Crippen LogP contribution in [0.2, 0.25) is 15.1 Å². The Morgan fingerprint density at radius 2 is 1.67 bits per heavy atom. The molecular formula is C16H14Cl3NO4. The van der Waals surface area contributed by atoms with Crippen LogP contribution < -0.4 is 19.5 Å². The van der Waals surface area contributed by atoms with Gasteiger partial charge in [-0.05, 0) is 18.2 Å². The number of hydrogen-bond acceptors (Lipinski definition) is 4. The van der Waals surface area contributed by atoms with Gasteiger partial charge in [-0.3, -0.25) is 4.79 Å². The van der Waals surface area contributed by atoms with Gasteiger partial charge in [0.05, 0.1) is 35.0 Å². The van der Waals surface area contributed by atoms with E-state index in [4.69, 9.17) is 49.0 Å². The molecule has 5 nitrogen and oxygen atoms in total. The SMILES string of the molecule is COc1ccc(OC)c(NC(=O)COc2cc(Cl)c(Cl)cc2Cl)c1. The lowest BCUT2D eigenvalue weighted by Crippen LogP contribution is -2.20. The minimum Gasteiger partial charge on any atom is -0.497 e. The number of amides is 1. The normalized spacial score (nSPS) is 10.2. The summed E-state index contributed by atoms with van der Waals surface area (Å²) in [5.41, 5.74) is 0.464. The molecule has 0 atom stereocenters. The van der Waals surface area contributed by atoms with Gasteiger partial charge in [0, 0.05) is 12.1 Å². The standard InChI is InChI=1S/C16H14Cl3NO4/c1-22-9-3-4-14(23-2)13(5-9)20-16(21)8-24-15-7-11(18)10(17)6-12(15)19/h3-7H,8H2,1-2H3,(H,20,21). The lowest BCUT2D eigenvalue weighted by atomic mass is 10.2. The maximum atomic E-state index is 12.1. The lowest BCUT2D eigenvalue weighted by Gasteiger charge is -2.13. The average Bonchev–Trinajstić information content (AvgIpc) is 2.56. The van der Waals surface area contributed by atoms with Gasteiger partial charge in [0.1, 0.15) is 17.2 Å². The van der Waals surface area contributed by atoms with E-state index >= 15 is 0 Å². The Morgan fingerprint density at radius 3 is 2.33 bits per heavy atom. The van der Waals surface area contributed by atoms with E-state index in [0.717, 1.165) is 0 Å². The Hall–Kier alpha value is -1.82. The van der Waals surface area contributed by atoms with E-state index in [0.29, 0.717) is 22.2 Å². The van der Waals surface area contributed by atoms with Crippen molar-refractivity contribution in [2.75, 3.05) is 26.1 Å². The van der Waals surface area contributed by atoms with Crippen LogP contribution in [0.5, 0.6) is 17.2 Å². The minimum atomic E-state index is -0.399. The molecule has 0 fully saturated rings. The summed E-state index contributed by atoms with van der Waals surface area (Å²) in [6, 6.07) is 7.95. The summed E-state index contributed by atoms with van der Waals surface area (Å²) in [4.78, 5) is 12.1. The Bertz CT molecular complexity index is 752. The van der Waals surface area contributed by atoms with Crippen LogP contribution in [0.3, 0.4) is 0 Å². The van der Waals surface area contributed by atoms with Crippen molar-refractivity contribution in [1.29, 1.82) is 0 Å². The highest BCUT2D eigenvalue weighted by Crippen LogP contribution is 2.34. The number of anilines is 1. The first kappa shape index (κ1) is 18.5. The number of benzene rings is 2. The molecule has 128 valence electrons. The van der Waals surface area contributed by atoms with Crippen molar-refractivity contribution in [1.82, 2.24) is 0 Å².